The highest BCUT2D eigenvalue weighted by atomic mass is 16.6. The summed E-state index contributed by atoms with van der Waals surface area (Å²) in [5.74, 6) is 0. The molecule has 2 N–H and O–H groups in total. The molecular formula is C23H30O4. The first-order valence-electron chi connectivity index (χ1n) is 9.45. The largest absolute Gasteiger partial charge is 0.394 e. The van der Waals surface area contributed by atoms with Gasteiger partial charge in [-0.25, -0.2) is 0 Å². The van der Waals surface area contributed by atoms with Crippen molar-refractivity contribution in [2.45, 2.75) is 50.8 Å². The third-order valence-electron chi connectivity index (χ3n) is 4.43. The number of aliphatic hydroxyl groups excluding tert-OH is 2. The quantitative estimate of drug-likeness (QED) is 0.415. The normalized spacial score (nSPS) is 14.4. The van der Waals surface area contributed by atoms with E-state index < -0.39 is 18.3 Å². The molecule has 4 nitrogen and oxygen atoms in total. The van der Waals surface area contributed by atoms with Crippen LogP contribution in [0.15, 0.2) is 73.3 Å². The summed E-state index contributed by atoms with van der Waals surface area (Å²) < 4.78 is 11.9. The lowest BCUT2D eigenvalue weighted by Crippen LogP contribution is -2.43. The van der Waals surface area contributed by atoms with Gasteiger partial charge in [0.05, 0.1) is 25.9 Å². The third kappa shape index (κ3) is 7.65. The zero-order chi connectivity index (χ0) is 19.3. The number of ether oxygens (including phenoxy) is 2. The molecule has 0 unspecified atom stereocenters. The van der Waals surface area contributed by atoms with Gasteiger partial charge in [-0.15, -0.1) is 6.58 Å². The van der Waals surface area contributed by atoms with Crippen LogP contribution < -0.4 is 0 Å². The van der Waals surface area contributed by atoms with Crippen molar-refractivity contribution in [1.29, 1.82) is 0 Å². The Morgan fingerprint density at radius 1 is 0.889 bits per heavy atom. The van der Waals surface area contributed by atoms with E-state index in [0.717, 1.165) is 24.0 Å². The highest BCUT2D eigenvalue weighted by Gasteiger charge is 2.29. The van der Waals surface area contributed by atoms with Crippen molar-refractivity contribution in [1.82, 2.24) is 0 Å². The SMILES string of the molecule is C=CCCC[C@@H](O)[C@H](OCc1ccccc1)[C@H](CO)OCc1ccccc1. The van der Waals surface area contributed by atoms with E-state index >= 15 is 0 Å². The average molecular weight is 370 g/mol. The van der Waals surface area contributed by atoms with Gasteiger partial charge < -0.3 is 19.7 Å². The fraction of sp³-hybridized carbons (Fsp3) is 0.391. The number of rotatable bonds is 13. The second-order valence-electron chi connectivity index (χ2n) is 6.57. The molecule has 3 atom stereocenters. The number of hydrogen-bond donors (Lipinski definition) is 2. The molecule has 2 rings (SSSR count). The van der Waals surface area contributed by atoms with Crippen LogP contribution in [-0.2, 0) is 22.7 Å². The van der Waals surface area contributed by atoms with E-state index in [9.17, 15) is 10.2 Å². The van der Waals surface area contributed by atoms with Gasteiger partial charge in [-0.1, -0.05) is 66.7 Å². The summed E-state index contributed by atoms with van der Waals surface area (Å²) in [5.41, 5.74) is 2.03. The first kappa shape index (κ1) is 21.3. The first-order valence-corrected chi connectivity index (χ1v) is 9.45. The second-order valence-corrected chi connectivity index (χ2v) is 6.57. The zero-order valence-electron chi connectivity index (χ0n) is 15.7. The van der Waals surface area contributed by atoms with Gasteiger partial charge in [0.1, 0.15) is 12.2 Å². The van der Waals surface area contributed by atoms with Crippen LogP contribution in [0.25, 0.3) is 0 Å². The van der Waals surface area contributed by atoms with E-state index in [-0.39, 0.29) is 6.61 Å². The van der Waals surface area contributed by atoms with Gasteiger partial charge in [-0.3, -0.25) is 0 Å². The smallest absolute Gasteiger partial charge is 0.112 e. The Hall–Kier alpha value is -1.98. The van der Waals surface area contributed by atoms with Crippen LogP contribution in [0.4, 0.5) is 0 Å². The van der Waals surface area contributed by atoms with Gasteiger partial charge in [0, 0.05) is 0 Å². The van der Waals surface area contributed by atoms with E-state index in [1.165, 1.54) is 0 Å². The van der Waals surface area contributed by atoms with Gasteiger partial charge in [0.2, 0.25) is 0 Å². The lowest BCUT2D eigenvalue weighted by molar-refractivity contribution is -0.146. The van der Waals surface area contributed by atoms with E-state index in [1.54, 1.807) is 0 Å². The van der Waals surface area contributed by atoms with Gasteiger partial charge in [-0.05, 0) is 30.4 Å². The molecule has 0 aliphatic carbocycles. The van der Waals surface area contributed by atoms with E-state index in [0.29, 0.717) is 19.6 Å². The molecule has 146 valence electrons. The Kier molecular flexibility index (Phi) is 9.80. The summed E-state index contributed by atoms with van der Waals surface area (Å²) in [6.07, 6.45) is 2.11. The predicted molar refractivity (Wildman–Crippen MR) is 107 cm³/mol. The Bertz CT molecular complexity index is 629. The van der Waals surface area contributed by atoms with Crippen LogP contribution in [-0.4, -0.2) is 35.1 Å². The third-order valence-corrected chi connectivity index (χ3v) is 4.43. The Morgan fingerprint density at radius 3 is 1.96 bits per heavy atom. The van der Waals surface area contributed by atoms with Crippen LogP contribution >= 0.6 is 0 Å². The lowest BCUT2D eigenvalue weighted by Gasteiger charge is -2.30. The average Bonchev–Trinajstić information content (AvgIpc) is 2.72. The van der Waals surface area contributed by atoms with Crippen molar-refractivity contribution < 1.29 is 19.7 Å². The number of aliphatic hydroxyl groups is 2. The topological polar surface area (TPSA) is 58.9 Å². The maximum atomic E-state index is 10.7. The van der Waals surface area contributed by atoms with Crippen molar-refractivity contribution in [2.24, 2.45) is 0 Å². The molecule has 2 aromatic rings. The molecule has 0 amide bonds. The summed E-state index contributed by atoms with van der Waals surface area (Å²) in [4.78, 5) is 0. The van der Waals surface area contributed by atoms with Gasteiger partial charge in [0.25, 0.3) is 0 Å². The van der Waals surface area contributed by atoms with Crippen LogP contribution in [0.2, 0.25) is 0 Å². The fourth-order valence-electron chi connectivity index (χ4n) is 2.90. The molecule has 0 fully saturated rings. The monoisotopic (exact) mass is 370 g/mol. The van der Waals surface area contributed by atoms with Crippen LogP contribution in [0.5, 0.6) is 0 Å². The van der Waals surface area contributed by atoms with Gasteiger partial charge in [-0.2, -0.15) is 0 Å². The fourth-order valence-corrected chi connectivity index (χ4v) is 2.90. The second kappa shape index (κ2) is 12.4. The molecule has 27 heavy (non-hydrogen) atoms. The minimum Gasteiger partial charge on any atom is -0.394 e. The molecule has 0 heterocycles. The molecule has 0 saturated carbocycles. The standard InChI is InChI=1S/C23H30O4/c1-2-3-6-15-21(25)23(27-18-20-13-9-5-10-14-20)22(16-24)26-17-19-11-7-4-8-12-19/h2,4-5,7-14,21-25H,1,3,6,15-18H2/t21-,22+,23+/m1/s1. The molecule has 2 aromatic carbocycles. The summed E-state index contributed by atoms with van der Waals surface area (Å²) in [7, 11) is 0. The Morgan fingerprint density at radius 2 is 1.44 bits per heavy atom. The zero-order valence-corrected chi connectivity index (χ0v) is 15.7. The molecule has 0 bridgehead atoms. The van der Waals surface area contributed by atoms with E-state index in [2.05, 4.69) is 6.58 Å². The summed E-state index contributed by atoms with van der Waals surface area (Å²) in [6, 6.07) is 19.6. The van der Waals surface area contributed by atoms with Crippen molar-refractivity contribution in [3.8, 4) is 0 Å². The number of unbranched alkanes of at least 4 members (excludes halogenated alkanes) is 1. The van der Waals surface area contributed by atoms with Gasteiger partial charge in [0.15, 0.2) is 0 Å². The van der Waals surface area contributed by atoms with Crippen molar-refractivity contribution >= 4 is 0 Å². The van der Waals surface area contributed by atoms with Crippen molar-refractivity contribution in [2.75, 3.05) is 6.61 Å². The summed E-state index contributed by atoms with van der Waals surface area (Å²) >= 11 is 0. The van der Waals surface area contributed by atoms with Crippen molar-refractivity contribution in [3.63, 3.8) is 0 Å². The highest BCUT2D eigenvalue weighted by molar-refractivity contribution is 5.14. The molecular weight excluding hydrogens is 340 g/mol. The summed E-state index contributed by atoms with van der Waals surface area (Å²) in [6.45, 7) is 4.21. The van der Waals surface area contributed by atoms with Crippen LogP contribution in [0.3, 0.4) is 0 Å². The van der Waals surface area contributed by atoms with E-state index in [1.807, 2.05) is 66.7 Å². The molecule has 0 aliphatic rings. The number of allylic oxidation sites excluding steroid dienone is 1. The molecule has 0 saturated heterocycles. The Labute approximate surface area is 162 Å². The summed E-state index contributed by atoms with van der Waals surface area (Å²) in [5, 5.41) is 20.5. The molecule has 0 spiro atoms. The molecule has 0 radical (unpaired) electrons. The number of benzene rings is 2. The Balaban J connectivity index is 2.01. The van der Waals surface area contributed by atoms with E-state index in [4.69, 9.17) is 9.47 Å². The first-order chi connectivity index (χ1) is 13.2. The molecule has 0 aromatic heterocycles. The molecule has 4 heteroatoms. The highest BCUT2D eigenvalue weighted by Crippen LogP contribution is 2.18. The maximum Gasteiger partial charge on any atom is 0.112 e. The number of hydrogen-bond acceptors (Lipinski definition) is 4. The maximum absolute atomic E-state index is 10.7. The minimum atomic E-state index is -0.721. The van der Waals surface area contributed by atoms with Crippen LogP contribution in [0, 0.1) is 0 Å². The molecule has 0 aliphatic heterocycles. The van der Waals surface area contributed by atoms with Crippen LogP contribution in [0.1, 0.15) is 30.4 Å². The minimum absolute atomic E-state index is 0.217. The van der Waals surface area contributed by atoms with Gasteiger partial charge >= 0.3 is 0 Å². The lowest BCUT2D eigenvalue weighted by atomic mass is 10.0. The predicted octanol–water partition coefficient (Wildman–Crippen LogP) is 3.87. The van der Waals surface area contributed by atoms with Crippen molar-refractivity contribution in [3.05, 3.63) is 84.4 Å².